The lowest BCUT2D eigenvalue weighted by atomic mass is 10.00. The number of ether oxygens (including phenoxy) is 1. The quantitative estimate of drug-likeness (QED) is 0.684. The zero-order chi connectivity index (χ0) is 10.4. The van der Waals surface area contributed by atoms with Gasteiger partial charge in [0.25, 0.3) is 0 Å². The predicted octanol–water partition coefficient (Wildman–Crippen LogP) is 2.50. The standard InChI is InChI=1S/C12H23NO/c1-4-5-12-8-11(6-7-14-12)13-9-10(2)3/h11-13H,2,4-9H2,1,3H3. The van der Waals surface area contributed by atoms with Crippen molar-refractivity contribution in [3.63, 3.8) is 0 Å². The van der Waals surface area contributed by atoms with Gasteiger partial charge in [-0.3, -0.25) is 0 Å². The van der Waals surface area contributed by atoms with Gasteiger partial charge in [-0.25, -0.2) is 0 Å². The highest BCUT2D eigenvalue weighted by Crippen LogP contribution is 2.17. The van der Waals surface area contributed by atoms with Crippen LogP contribution in [0.25, 0.3) is 0 Å². The average molecular weight is 197 g/mol. The normalized spacial score (nSPS) is 27.6. The van der Waals surface area contributed by atoms with Crippen LogP contribution in [0, 0.1) is 0 Å². The highest BCUT2D eigenvalue weighted by molar-refractivity contribution is 4.92. The topological polar surface area (TPSA) is 21.3 Å². The maximum absolute atomic E-state index is 5.69. The molecule has 1 saturated heterocycles. The summed E-state index contributed by atoms with van der Waals surface area (Å²) in [6.07, 6.45) is 5.22. The Labute approximate surface area is 87.7 Å². The second kappa shape index (κ2) is 6.20. The fraction of sp³-hybridized carbons (Fsp3) is 0.833. The van der Waals surface area contributed by atoms with Crippen molar-refractivity contribution in [2.24, 2.45) is 0 Å². The summed E-state index contributed by atoms with van der Waals surface area (Å²) in [5.41, 5.74) is 1.21. The molecule has 2 nitrogen and oxygen atoms in total. The van der Waals surface area contributed by atoms with Crippen LogP contribution in [0.1, 0.15) is 39.5 Å². The average Bonchev–Trinajstić information content (AvgIpc) is 2.16. The smallest absolute Gasteiger partial charge is 0.0589 e. The van der Waals surface area contributed by atoms with E-state index in [0.29, 0.717) is 12.1 Å². The van der Waals surface area contributed by atoms with Crippen LogP contribution in [-0.2, 0) is 4.74 Å². The minimum Gasteiger partial charge on any atom is -0.378 e. The highest BCUT2D eigenvalue weighted by atomic mass is 16.5. The van der Waals surface area contributed by atoms with E-state index in [1.807, 2.05) is 0 Å². The van der Waals surface area contributed by atoms with E-state index >= 15 is 0 Å². The fourth-order valence-electron chi connectivity index (χ4n) is 1.91. The van der Waals surface area contributed by atoms with E-state index in [0.717, 1.165) is 19.6 Å². The molecular formula is C12H23NO. The molecule has 1 aliphatic rings. The molecule has 2 unspecified atom stereocenters. The van der Waals surface area contributed by atoms with E-state index < -0.39 is 0 Å². The van der Waals surface area contributed by atoms with Crippen LogP contribution in [0.2, 0.25) is 0 Å². The van der Waals surface area contributed by atoms with Gasteiger partial charge in [0.1, 0.15) is 0 Å². The molecule has 0 spiro atoms. The molecule has 0 aromatic carbocycles. The minimum atomic E-state index is 0.483. The van der Waals surface area contributed by atoms with Gasteiger partial charge in [-0.2, -0.15) is 0 Å². The molecule has 0 aliphatic carbocycles. The molecule has 1 fully saturated rings. The van der Waals surface area contributed by atoms with Crippen LogP contribution in [-0.4, -0.2) is 25.3 Å². The highest BCUT2D eigenvalue weighted by Gasteiger charge is 2.20. The fourth-order valence-corrected chi connectivity index (χ4v) is 1.91. The molecule has 1 N–H and O–H groups in total. The van der Waals surface area contributed by atoms with Gasteiger partial charge in [0.2, 0.25) is 0 Å². The molecule has 0 aromatic rings. The van der Waals surface area contributed by atoms with E-state index in [1.54, 1.807) is 0 Å². The Morgan fingerprint density at radius 2 is 2.36 bits per heavy atom. The van der Waals surface area contributed by atoms with Gasteiger partial charge >= 0.3 is 0 Å². The first-order valence-electron chi connectivity index (χ1n) is 5.71. The summed E-state index contributed by atoms with van der Waals surface area (Å²) < 4.78 is 5.69. The third-order valence-electron chi connectivity index (χ3n) is 2.67. The molecular weight excluding hydrogens is 174 g/mol. The summed E-state index contributed by atoms with van der Waals surface area (Å²) in [6, 6.07) is 0.636. The molecule has 1 aliphatic heterocycles. The summed E-state index contributed by atoms with van der Waals surface area (Å²) in [4.78, 5) is 0. The predicted molar refractivity (Wildman–Crippen MR) is 60.5 cm³/mol. The van der Waals surface area contributed by atoms with Crippen molar-refractivity contribution in [1.29, 1.82) is 0 Å². The molecule has 2 atom stereocenters. The van der Waals surface area contributed by atoms with Gasteiger partial charge in [-0.05, 0) is 26.2 Å². The number of hydrogen-bond acceptors (Lipinski definition) is 2. The Kier molecular flexibility index (Phi) is 5.20. The van der Waals surface area contributed by atoms with Gasteiger partial charge in [0, 0.05) is 19.2 Å². The van der Waals surface area contributed by atoms with E-state index in [-0.39, 0.29) is 0 Å². The van der Waals surface area contributed by atoms with E-state index in [2.05, 4.69) is 25.7 Å². The molecule has 0 saturated carbocycles. The lowest BCUT2D eigenvalue weighted by Gasteiger charge is -2.30. The molecule has 0 amide bonds. The molecule has 1 rings (SSSR count). The SMILES string of the molecule is C=C(C)CNC1CCOC(CCC)C1. The molecule has 0 aromatic heterocycles. The Morgan fingerprint density at radius 1 is 1.57 bits per heavy atom. The molecule has 0 bridgehead atoms. The summed E-state index contributed by atoms with van der Waals surface area (Å²) in [7, 11) is 0. The van der Waals surface area contributed by atoms with Gasteiger partial charge < -0.3 is 10.1 Å². The van der Waals surface area contributed by atoms with Gasteiger partial charge in [0.15, 0.2) is 0 Å². The van der Waals surface area contributed by atoms with Crippen molar-refractivity contribution in [1.82, 2.24) is 5.32 Å². The largest absolute Gasteiger partial charge is 0.378 e. The van der Waals surface area contributed by atoms with Crippen LogP contribution in [0.5, 0.6) is 0 Å². The Balaban J connectivity index is 2.21. The first-order chi connectivity index (χ1) is 6.72. The number of rotatable bonds is 5. The van der Waals surface area contributed by atoms with Crippen molar-refractivity contribution >= 4 is 0 Å². The maximum atomic E-state index is 5.69. The Hall–Kier alpha value is -0.340. The third kappa shape index (κ3) is 4.25. The third-order valence-corrected chi connectivity index (χ3v) is 2.67. The monoisotopic (exact) mass is 197 g/mol. The molecule has 1 heterocycles. The van der Waals surface area contributed by atoms with E-state index in [4.69, 9.17) is 4.74 Å². The van der Waals surface area contributed by atoms with Crippen molar-refractivity contribution < 1.29 is 4.74 Å². The zero-order valence-corrected chi connectivity index (χ0v) is 9.51. The zero-order valence-electron chi connectivity index (χ0n) is 9.51. The van der Waals surface area contributed by atoms with Gasteiger partial charge in [-0.1, -0.05) is 25.5 Å². The Morgan fingerprint density at radius 3 is 3.00 bits per heavy atom. The lowest BCUT2D eigenvalue weighted by molar-refractivity contribution is -0.00265. The van der Waals surface area contributed by atoms with E-state index in [1.165, 1.54) is 24.8 Å². The molecule has 0 radical (unpaired) electrons. The molecule has 14 heavy (non-hydrogen) atoms. The van der Waals surface area contributed by atoms with Crippen molar-refractivity contribution in [3.05, 3.63) is 12.2 Å². The second-order valence-electron chi connectivity index (χ2n) is 4.34. The van der Waals surface area contributed by atoms with E-state index in [9.17, 15) is 0 Å². The first kappa shape index (κ1) is 11.7. The van der Waals surface area contributed by atoms with Crippen LogP contribution in [0.4, 0.5) is 0 Å². The second-order valence-corrected chi connectivity index (χ2v) is 4.34. The molecule has 82 valence electrons. The number of hydrogen-bond donors (Lipinski definition) is 1. The van der Waals surface area contributed by atoms with Crippen molar-refractivity contribution in [3.8, 4) is 0 Å². The lowest BCUT2D eigenvalue weighted by Crippen LogP contribution is -2.39. The van der Waals surface area contributed by atoms with Crippen molar-refractivity contribution in [2.45, 2.75) is 51.7 Å². The van der Waals surface area contributed by atoms with Gasteiger partial charge in [-0.15, -0.1) is 0 Å². The summed E-state index contributed by atoms with van der Waals surface area (Å²) in [5, 5.41) is 3.53. The number of nitrogens with one attached hydrogen (secondary N) is 1. The Bertz CT molecular complexity index is 177. The molecule has 2 heteroatoms. The van der Waals surface area contributed by atoms with Crippen LogP contribution in [0.3, 0.4) is 0 Å². The van der Waals surface area contributed by atoms with Gasteiger partial charge in [0.05, 0.1) is 6.10 Å². The first-order valence-corrected chi connectivity index (χ1v) is 5.71. The summed E-state index contributed by atoms with van der Waals surface area (Å²) in [6.45, 7) is 10.0. The summed E-state index contributed by atoms with van der Waals surface area (Å²) in [5.74, 6) is 0. The minimum absolute atomic E-state index is 0.483. The summed E-state index contributed by atoms with van der Waals surface area (Å²) >= 11 is 0. The van der Waals surface area contributed by atoms with Crippen LogP contribution >= 0.6 is 0 Å². The van der Waals surface area contributed by atoms with Crippen LogP contribution < -0.4 is 5.32 Å². The van der Waals surface area contributed by atoms with Crippen LogP contribution in [0.15, 0.2) is 12.2 Å². The maximum Gasteiger partial charge on any atom is 0.0589 e. The van der Waals surface area contributed by atoms with Crippen molar-refractivity contribution in [2.75, 3.05) is 13.2 Å².